The highest BCUT2D eigenvalue weighted by Crippen LogP contribution is 2.32. The van der Waals surface area contributed by atoms with Gasteiger partial charge in [0.1, 0.15) is 18.3 Å². The number of fused-ring (bicyclic) bond motifs is 1. The average molecular weight is 454 g/mol. The van der Waals surface area contributed by atoms with Crippen LogP contribution in [0, 0.1) is 0 Å². The molecule has 0 saturated carbocycles. The number of aromatic nitrogens is 5. The van der Waals surface area contributed by atoms with Crippen molar-refractivity contribution >= 4 is 34.3 Å². The normalized spacial score (nSPS) is 24.0. The second-order valence-electron chi connectivity index (χ2n) is 6.77. The van der Waals surface area contributed by atoms with E-state index in [1.54, 1.807) is 11.3 Å². The molecule has 0 spiro atoms. The molecule has 30 heavy (non-hydrogen) atoms. The van der Waals surface area contributed by atoms with Gasteiger partial charge in [-0.2, -0.15) is 9.67 Å². The summed E-state index contributed by atoms with van der Waals surface area (Å²) in [5.74, 6) is 1.14. The fraction of sp³-hybridized carbons (Fsp3) is 0.556. The molecule has 0 unspecified atom stereocenters. The lowest BCUT2D eigenvalue weighted by Gasteiger charge is -2.15. The van der Waals surface area contributed by atoms with Gasteiger partial charge in [-0.25, -0.2) is 4.98 Å². The third kappa shape index (κ3) is 4.29. The molecule has 4 rings (SSSR count). The number of hydrogen-bond acceptors (Lipinski definition) is 11. The Labute approximate surface area is 180 Å². The van der Waals surface area contributed by atoms with E-state index < -0.39 is 31.1 Å². The molecule has 162 valence electrons. The summed E-state index contributed by atoms with van der Waals surface area (Å²) >= 11 is 3.14. The van der Waals surface area contributed by atoms with Gasteiger partial charge in [0.25, 0.3) is 0 Å². The standard InChI is InChI=1S/C18H23N5O5S2/c1-2-7-30-18-19-15-12(16(20-18)27-6-5-10-4-3-8-29-10)21-22-23(15)17-14(26)13(25)11(9-24)28-17/h3-4,8,11,13-14,17,24-26H,2,5-7,9H2,1H3/t11-,13-,14-,17-/m1/s1. The summed E-state index contributed by atoms with van der Waals surface area (Å²) in [5, 5.41) is 40.5. The number of ether oxygens (including phenoxy) is 2. The van der Waals surface area contributed by atoms with Crippen molar-refractivity contribution in [3.05, 3.63) is 22.4 Å². The molecule has 1 aliphatic rings. The molecule has 0 radical (unpaired) electrons. The van der Waals surface area contributed by atoms with Crippen LogP contribution in [0.2, 0.25) is 0 Å². The summed E-state index contributed by atoms with van der Waals surface area (Å²) in [7, 11) is 0. The molecular formula is C18H23N5O5S2. The molecule has 3 aromatic heterocycles. The van der Waals surface area contributed by atoms with E-state index in [1.165, 1.54) is 21.3 Å². The number of nitrogens with zero attached hydrogens (tertiary/aromatic N) is 5. The van der Waals surface area contributed by atoms with E-state index in [0.29, 0.717) is 28.8 Å². The number of hydrogen-bond donors (Lipinski definition) is 3. The fourth-order valence-electron chi connectivity index (χ4n) is 3.10. The van der Waals surface area contributed by atoms with Crippen molar-refractivity contribution < 1.29 is 24.8 Å². The summed E-state index contributed by atoms with van der Waals surface area (Å²) < 4.78 is 12.8. The maximum absolute atomic E-state index is 10.4. The smallest absolute Gasteiger partial charge is 0.248 e. The van der Waals surface area contributed by atoms with E-state index in [4.69, 9.17) is 9.47 Å². The van der Waals surface area contributed by atoms with Gasteiger partial charge in [-0.1, -0.05) is 30.0 Å². The van der Waals surface area contributed by atoms with Gasteiger partial charge in [0.2, 0.25) is 5.88 Å². The van der Waals surface area contributed by atoms with Crippen molar-refractivity contribution in [2.45, 2.75) is 49.5 Å². The fourth-order valence-corrected chi connectivity index (χ4v) is 4.48. The molecule has 1 aliphatic heterocycles. The molecule has 1 saturated heterocycles. The summed E-state index contributed by atoms with van der Waals surface area (Å²) in [6.45, 7) is 2.06. The number of thiophene rings is 1. The van der Waals surface area contributed by atoms with Crippen LogP contribution in [0.15, 0.2) is 22.7 Å². The van der Waals surface area contributed by atoms with Gasteiger partial charge < -0.3 is 24.8 Å². The Hall–Kier alpha value is -1.83. The van der Waals surface area contributed by atoms with Crippen LogP contribution in [-0.2, 0) is 11.2 Å². The third-order valence-corrected chi connectivity index (χ3v) is 6.62. The first-order valence-corrected chi connectivity index (χ1v) is 11.5. The summed E-state index contributed by atoms with van der Waals surface area (Å²) in [6, 6.07) is 4.04. The van der Waals surface area contributed by atoms with Crippen LogP contribution in [0.3, 0.4) is 0 Å². The lowest BCUT2D eigenvalue weighted by atomic mass is 10.1. The minimum atomic E-state index is -1.28. The van der Waals surface area contributed by atoms with Gasteiger partial charge in [0, 0.05) is 17.1 Å². The van der Waals surface area contributed by atoms with Crippen LogP contribution < -0.4 is 4.74 Å². The maximum atomic E-state index is 10.4. The zero-order valence-electron chi connectivity index (χ0n) is 16.3. The van der Waals surface area contributed by atoms with Crippen LogP contribution in [-0.4, -0.2) is 77.6 Å². The quantitative estimate of drug-likeness (QED) is 0.318. The van der Waals surface area contributed by atoms with Crippen molar-refractivity contribution in [3.8, 4) is 5.88 Å². The lowest BCUT2D eigenvalue weighted by molar-refractivity contribution is -0.0575. The monoisotopic (exact) mass is 453 g/mol. The Bertz CT molecular complexity index is 969. The molecule has 3 N–H and O–H groups in total. The van der Waals surface area contributed by atoms with Gasteiger partial charge in [0.05, 0.1) is 13.2 Å². The summed E-state index contributed by atoms with van der Waals surface area (Å²) in [4.78, 5) is 10.2. The van der Waals surface area contributed by atoms with Crippen LogP contribution in [0.5, 0.6) is 5.88 Å². The van der Waals surface area contributed by atoms with E-state index in [0.717, 1.165) is 18.6 Å². The van der Waals surface area contributed by atoms with Crippen molar-refractivity contribution in [2.75, 3.05) is 19.0 Å². The number of aliphatic hydroxyl groups is 3. The average Bonchev–Trinajstić information content (AvgIpc) is 3.47. The van der Waals surface area contributed by atoms with Crippen LogP contribution in [0.25, 0.3) is 11.2 Å². The molecule has 0 amide bonds. The van der Waals surface area contributed by atoms with E-state index >= 15 is 0 Å². The van der Waals surface area contributed by atoms with Gasteiger partial charge in [-0.15, -0.1) is 16.4 Å². The first-order valence-electron chi connectivity index (χ1n) is 9.65. The third-order valence-electron chi connectivity index (χ3n) is 4.63. The minimum absolute atomic E-state index is 0.313. The highest BCUT2D eigenvalue weighted by Gasteiger charge is 2.44. The Morgan fingerprint density at radius 3 is 2.87 bits per heavy atom. The summed E-state index contributed by atoms with van der Waals surface area (Å²) in [5.41, 5.74) is 0.685. The van der Waals surface area contributed by atoms with Crippen molar-refractivity contribution in [2.24, 2.45) is 0 Å². The molecule has 12 heteroatoms. The van der Waals surface area contributed by atoms with E-state index in [2.05, 4.69) is 27.2 Å². The van der Waals surface area contributed by atoms with Gasteiger partial charge in [-0.3, -0.25) is 0 Å². The lowest BCUT2D eigenvalue weighted by Crippen LogP contribution is -2.33. The van der Waals surface area contributed by atoms with Gasteiger partial charge in [-0.05, 0) is 17.9 Å². The summed E-state index contributed by atoms with van der Waals surface area (Å²) in [6.07, 6.45) is -2.77. The highest BCUT2D eigenvalue weighted by molar-refractivity contribution is 7.99. The Morgan fingerprint density at radius 1 is 1.30 bits per heavy atom. The molecule has 0 aromatic carbocycles. The highest BCUT2D eigenvalue weighted by atomic mass is 32.2. The molecular weight excluding hydrogens is 430 g/mol. The molecule has 1 fully saturated rings. The molecule has 4 atom stereocenters. The van der Waals surface area contributed by atoms with Crippen LogP contribution in [0.4, 0.5) is 0 Å². The second-order valence-corrected chi connectivity index (χ2v) is 8.87. The SMILES string of the molecule is CCCSc1nc(OCCc2cccs2)c2nnn([C@@H]3O[C@H](CO)[C@@H](O)[C@H]3O)c2n1. The zero-order valence-corrected chi connectivity index (χ0v) is 17.9. The number of thioether (sulfide) groups is 1. The van der Waals surface area contributed by atoms with E-state index in [1.807, 2.05) is 17.5 Å². The van der Waals surface area contributed by atoms with Crippen LogP contribution >= 0.6 is 23.1 Å². The van der Waals surface area contributed by atoms with E-state index in [9.17, 15) is 15.3 Å². The van der Waals surface area contributed by atoms with Crippen molar-refractivity contribution in [1.82, 2.24) is 25.0 Å². The Balaban J connectivity index is 1.64. The maximum Gasteiger partial charge on any atom is 0.248 e. The van der Waals surface area contributed by atoms with Crippen molar-refractivity contribution in [1.29, 1.82) is 0 Å². The van der Waals surface area contributed by atoms with Crippen molar-refractivity contribution in [3.63, 3.8) is 0 Å². The molecule has 0 bridgehead atoms. The van der Waals surface area contributed by atoms with Crippen LogP contribution in [0.1, 0.15) is 24.4 Å². The largest absolute Gasteiger partial charge is 0.476 e. The van der Waals surface area contributed by atoms with Gasteiger partial charge >= 0.3 is 0 Å². The molecule has 4 heterocycles. The topological polar surface area (TPSA) is 136 Å². The second kappa shape index (κ2) is 9.54. The van der Waals surface area contributed by atoms with Gasteiger partial charge in [0.15, 0.2) is 22.5 Å². The molecule has 3 aromatic rings. The zero-order chi connectivity index (χ0) is 21.1. The number of aliphatic hydroxyl groups excluding tert-OH is 3. The predicted molar refractivity (Wildman–Crippen MR) is 111 cm³/mol. The minimum Gasteiger partial charge on any atom is -0.476 e. The first-order chi connectivity index (χ1) is 14.6. The Morgan fingerprint density at radius 2 is 2.17 bits per heavy atom. The molecule has 10 nitrogen and oxygen atoms in total. The first kappa shape index (κ1) is 21.4. The number of rotatable bonds is 9. The molecule has 0 aliphatic carbocycles. The Kier molecular flexibility index (Phi) is 6.80. The predicted octanol–water partition coefficient (Wildman–Crippen LogP) is 1.02. The van der Waals surface area contributed by atoms with E-state index in [-0.39, 0.29) is 0 Å².